The van der Waals surface area contributed by atoms with Gasteiger partial charge in [-0.3, -0.25) is 14.4 Å². The Morgan fingerprint density at radius 2 is 1.73 bits per heavy atom. The maximum absolute atomic E-state index is 12.4. The van der Waals surface area contributed by atoms with Crippen LogP contribution in [0.1, 0.15) is 64.7 Å². The largest absolute Gasteiger partial charge is 0.347 e. The molecule has 2 atom stereocenters. The molecule has 2 amide bonds. The van der Waals surface area contributed by atoms with Crippen molar-refractivity contribution in [2.75, 3.05) is 19.6 Å². The van der Waals surface area contributed by atoms with Crippen molar-refractivity contribution >= 4 is 17.6 Å². The Morgan fingerprint density at radius 3 is 2.31 bits per heavy atom. The number of ketones is 1. The number of carbonyl (C=O) groups excluding carboxylic acids is 3. The highest BCUT2D eigenvalue weighted by Gasteiger charge is 2.25. The van der Waals surface area contributed by atoms with E-state index in [2.05, 4.69) is 10.6 Å². The van der Waals surface area contributed by atoms with Gasteiger partial charge in [-0.25, -0.2) is 0 Å². The molecule has 1 fully saturated rings. The Hall–Kier alpha value is -1.47. The van der Waals surface area contributed by atoms with E-state index in [4.69, 9.17) is 11.5 Å². The zero-order chi connectivity index (χ0) is 19.4. The first-order valence-electron chi connectivity index (χ1n) is 10.0. The van der Waals surface area contributed by atoms with Crippen molar-refractivity contribution in [3.8, 4) is 0 Å². The number of Topliss-reactive ketones (excluding diaryl/α,β-unsaturated/α-hetero) is 1. The summed E-state index contributed by atoms with van der Waals surface area (Å²) in [5.74, 6) is -0.0366. The first-order chi connectivity index (χ1) is 12.5. The van der Waals surface area contributed by atoms with Crippen molar-refractivity contribution in [1.29, 1.82) is 0 Å². The van der Waals surface area contributed by atoms with Crippen LogP contribution < -0.4 is 22.1 Å². The minimum Gasteiger partial charge on any atom is -0.347 e. The number of hydrogen-bond acceptors (Lipinski definition) is 5. The Morgan fingerprint density at radius 1 is 1.08 bits per heavy atom. The summed E-state index contributed by atoms with van der Waals surface area (Å²) in [6.45, 7) is 2.58. The molecule has 6 N–H and O–H groups in total. The summed E-state index contributed by atoms with van der Waals surface area (Å²) in [5, 5.41) is 5.40. The predicted octanol–water partition coefficient (Wildman–Crippen LogP) is 0.851. The quantitative estimate of drug-likeness (QED) is 0.383. The highest BCUT2D eigenvalue weighted by Crippen LogP contribution is 2.31. The molecule has 0 aromatic rings. The highest BCUT2D eigenvalue weighted by atomic mass is 16.2. The van der Waals surface area contributed by atoms with E-state index in [-0.39, 0.29) is 30.1 Å². The van der Waals surface area contributed by atoms with Crippen LogP contribution in [0, 0.1) is 11.8 Å². The molecule has 1 saturated carbocycles. The van der Waals surface area contributed by atoms with E-state index in [1.807, 2.05) is 6.92 Å². The first-order valence-corrected chi connectivity index (χ1v) is 10.0. The smallest absolute Gasteiger partial charge is 0.239 e. The van der Waals surface area contributed by atoms with Gasteiger partial charge in [0.15, 0.2) is 5.78 Å². The molecule has 0 saturated heterocycles. The number of amides is 2. The minimum absolute atomic E-state index is 0.0140. The third kappa shape index (κ3) is 8.27. The summed E-state index contributed by atoms with van der Waals surface area (Å²) in [7, 11) is 0. The Labute approximate surface area is 157 Å². The lowest BCUT2D eigenvalue weighted by molar-refractivity contribution is -0.130. The van der Waals surface area contributed by atoms with Crippen molar-refractivity contribution in [3.63, 3.8) is 0 Å². The molecule has 0 aliphatic heterocycles. The van der Waals surface area contributed by atoms with E-state index >= 15 is 0 Å². The molecule has 7 heteroatoms. The molecule has 0 bridgehead atoms. The second kappa shape index (κ2) is 12.8. The summed E-state index contributed by atoms with van der Waals surface area (Å²) < 4.78 is 0. The average Bonchev–Trinajstić information content (AvgIpc) is 3.12. The van der Waals surface area contributed by atoms with Gasteiger partial charge in [-0.15, -0.1) is 0 Å². The normalized spacial score (nSPS) is 16.9. The monoisotopic (exact) mass is 368 g/mol. The van der Waals surface area contributed by atoms with Gasteiger partial charge in [-0.2, -0.15) is 0 Å². The first kappa shape index (κ1) is 22.6. The molecular weight excluding hydrogens is 332 g/mol. The number of rotatable bonds is 13. The van der Waals surface area contributed by atoms with Crippen LogP contribution in [-0.2, 0) is 14.4 Å². The van der Waals surface area contributed by atoms with Crippen molar-refractivity contribution in [1.82, 2.24) is 10.6 Å². The fourth-order valence-electron chi connectivity index (χ4n) is 3.66. The molecule has 7 nitrogen and oxygen atoms in total. The molecule has 0 aromatic heterocycles. The fraction of sp³-hybridized carbons (Fsp3) is 0.842. The Balaban J connectivity index is 2.46. The lowest BCUT2D eigenvalue weighted by Gasteiger charge is -2.20. The molecule has 0 heterocycles. The highest BCUT2D eigenvalue weighted by molar-refractivity contribution is 5.91. The van der Waals surface area contributed by atoms with Crippen LogP contribution in [0.4, 0.5) is 0 Å². The summed E-state index contributed by atoms with van der Waals surface area (Å²) in [4.78, 5) is 36.6. The van der Waals surface area contributed by atoms with E-state index < -0.39 is 6.04 Å². The van der Waals surface area contributed by atoms with Crippen molar-refractivity contribution in [3.05, 3.63) is 0 Å². The predicted molar refractivity (Wildman–Crippen MR) is 102 cm³/mol. The number of carbonyl (C=O) groups is 3. The molecule has 1 aliphatic carbocycles. The second-order valence-electron chi connectivity index (χ2n) is 7.29. The van der Waals surface area contributed by atoms with E-state index in [0.717, 1.165) is 12.8 Å². The van der Waals surface area contributed by atoms with E-state index in [1.54, 1.807) is 0 Å². The molecule has 0 radical (unpaired) electrons. The van der Waals surface area contributed by atoms with E-state index in [1.165, 1.54) is 25.7 Å². The summed E-state index contributed by atoms with van der Waals surface area (Å²) in [6.07, 6.45) is 7.85. The van der Waals surface area contributed by atoms with Crippen molar-refractivity contribution < 1.29 is 14.4 Å². The van der Waals surface area contributed by atoms with Crippen LogP contribution in [-0.4, -0.2) is 43.3 Å². The molecule has 0 aromatic carbocycles. The summed E-state index contributed by atoms with van der Waals surface area (Å²) >= 11 is 0. The number of nitrogens with two attached hydrogens (primary N) is 2. The fourth-order valence-corrected chi connectivity index (χ4v) is 3.66. The average molecular weight is 369 g/mol. The van der Waals surface area contributed by atoms with Gasteiger partial charge in [0.1, 0.15) is 0 Å². The molecule has 26 heavy (non-hydrogen) atoms. The molecule has 1 rings (SSSR count). The van der Waals surface area contributed by atoms with Gasteiger partial charge in [0.25, 0.3) is 0 Å². The molecule has 1 aliphatic rings. The van der Waals surface area contributed by atoms with Crippen LogP contribution in [0.5, 0.6) is 0 Å². The third-order valence-electron chi connectivity index (χ3n) is 5.08. The standard InChI is InChI=1S/C19H36N4O3/c1-2-5-17(24)16(9-11-21)23-18(25)13-22-19(26)15(8-10-20)12-14-6-3-4-7-14/h14-16H,2-13,20-21H2,1H3,(H,22,26)(H,23,25)/t15?,16-/m0/s1. The van der Waals surface area contributed by atoms with E-state index in [9.17, 15) is 14.4 Å². The third-order valence-corrected chi connectivity index (χ3v) is 5.08. The van der Waals surface area contributed by atoms with Crippen LogP contribution in [0.2, 0.25) is 0 Å². The van der Waals surface area contributed by atoms with Gasteiger partial charge in [-0.1, -0.05) is 32.6 Å². The van der Waals surface area contributed by atoms with Gasteiger partial charge in [-0.05, 0) is 44.7 Å². The summed E-state index contributed by atoms with van der Waals surface area (Å²) in [6, 6.07) is -0.567. The topological polar surface area (TPSA) is 127 Å². The zero-order valence-electron chi connectivity index (χ0n) is 16.1. The Kier molecular flexibility index (Phi) is 11.1. The van der Waals surface area contributed by atoms with Gasteiger partial charge in [0.2, 0.25) is 11.8 Å². The summed E-state index contributed by atoms with van der Waals surface area (Å²) in [5.41, 5.74) is 11.2. The van der Waals surface area contributed by atoms with Crippen molar-refractivity contribution in [2.45, 2.75) is 70.8 Å². The van der Waals surface area contributed by atoms with Crippen LogP contribution >= 0.6 is 0 Å². The van der Waals surface area contributed by atoms with Crippen LogP contribution in [0.25, 0.3) is 0 Å². The Bertz CT molecular complexity index is 450. The van der Waals surface area contributed by atoms with Crippen molar-refractivity contribution in [2.24, 2.45) is 23.3 Å². The van der Waals surface area contributed by atoms with Crippen LogP contribution in [0.15, 0.2) is 0 Å². The number of nitrogens with one attached hydrogen (secondary N) is 2. The maximum atomic E-state index is 12.4. The van der Waals surface area contributed by atoms with Gasteiger partial charge in [0, 0.05) is 12.3 Å². The molecule has 150 valence electrons. The van der Waals surface area contributed by atoms with Gasteiger partial charge >= 0.3 is 0 Å². The molecular formula is C19H36N4O3. The molecule has 0 spiro atoms. The SMILES string of the molecule is CCCC(=O)[C@H](CCN)NC(=O)CNC(=O)C(CCN)CC1CCCC1. The van der Waals surface area contributed by atoms with E-state index in [0.29, 0.717) is 38.3 Å². The number of hydrogen-bond donors (Lipinski definition) is 4. The van der Waals surface area contributed by atoms with Crippen LogP contribution in [0.3, 0.4) is 0 Å². The van der Waals surface area contributed by atoms with Gasteiger partial charge in [0.05, 0.1) is 12.6 Å². The second-order valence-corrected chi connectivity index (χ2v) is 7.29. The minimum atomic E-state index is -0.567. The zero-order valence-corrected chi connectivity index (χ0v) is 16.1. The lowest BCUT2D eigenvalue weighted by atomic mass is 9.90. The lowest BCUT2D eigenvalue weighted by Crippen LogP contribution is -2.47. The maximum Gasteiger partial charge on any atom is 0.239 e. The van der Waals surface area contributed by atoms with Gasteiger partial charge < -0.3 is 22.1 Å². The molecule has 1 unspecified atom stereocenters.